The molecule has 0 aliphatic carbocycles. The van der Waals surface area contributed by atoms with Gasteiger partial charge in [0.15, 0.2) is 5.16 Å². The van der Waals surface area contributed by atoms with Crippen molar-refractivity contribution >= 4 is 34.6 Å². The number of hydrogen-bond donors (Lipinski definition) is 1. The van der Waals surface area contributed by atoms with Crippen molar-refractivity contribution in [2.75, 3.05) is 24.7 Å². The number of benzene rings is 2. The molecular formula is C22H22FN7OS. The van der Waals surface area contributed by atoms with E-state index in [1.807, 2.05) is 27.1 Å². The van der Waals surface area contributed by atoms with Gasteiger partial charge in [-0.1, -0.05) is 30.0 Å². The highest BCUT2D eigenvalue weighted by molar-refractivity contribution is 7.99. The Morgan fingerprint density at radius 2 is 1.84 bits per heavy atom. The Balaban J connectivity index is 1.86. The maximum atomic E-state index is 14.3. The molecule has 4 rings (SSSR count). The zero-order chi connectivity index (χ0) is 23.0. The predicted octanol–water partition coefficient (Wildman–Crippen LogP) is 3.52. The molecule has 2 aromatic heterocycles. The van der Waals surface area contributed by atoms with Crippen molar-refractivity contribution < 1.29 is 4.39 Å². The SMILES string of the molecule is Cc1ccc(-n2c(S[C@@H](C)c3nc(N)nc(N(C)C)n3)nc3ccccc3c2=O)cc1F. The fraction of sp³-hybridized carbons (Fsp3) is 0.227. The maximum absolute atomic E-state index is 14.3. The molecular weight excluding hydrogens is 429 g/mol. The van der Waals surface area contributed by atoms with Crippen molar-refractivity contribution in [2.45, 2.75) is 24.3 Å². The number of anilines is 2. The lowest BCUT2D eigenvalue weighted by Gasteiger charge is -2.17. The third-order valence-electron chi connectivity index (χ3n) is 4.86. The van der Waals surface area contributed by atoms with Gasteiger partial charge in [-0.15, -0.1) is 0 Å². The second-order valence-corrected chi connectivity index (χ2v) is 8.80. The van der Waals surface area contributed by atoms with Gasteiger partial charge in [0.05, 0.1) is 21.8 Å². The van der Waals surface area contributed by atoms with Crippen molar-refractivity contribution in [3.05, 3.63) is 70.0 Å². The van der Waals surface area contributed by atoms with Crippen LogP contribution in [0.25, 0.3) is 16.6 Å². The fourth-order valence-electron chi connectivity index (χ4n) is 3.13. The van der Waals surface area contributed by atoms with Crippen LogP contribution in [0.5, 0.6) is 0 Å². The molecule has 0 radical (unpaired) electrons. The van der Waals surface area contributed by atoms with Gasteiger partial charge < -0.3 is 10.6 Å². The van der Waals surface area contributed by atoms with E-state index in [9.17, 15) is 9.18 Å². The van der Waals surface area contributed by atoms with Crippen LogP contribution in [-0.4, -0.2) is 38.6 Å². The number of rotatable bonds is 5. The summed E-state index contributed by atoms with van der Waals surface area (Å²) in [5, 5.41) is 0.535. The third kappa shape index (κ3) is 4.13. The predicted molar refractivity (Wildman–Crippen MR) is 125 cm³/mol. The van der Waals surface area contributed by atoms with Gasteiger partial charge in [-0.3, -0.25) is 9.36 Å². The fourth-order valence-corrected chi connectivity index (χ4v) is 4.10. The van der Waals surface area contributed by atoms with Gasteiger partial charge in [-0.2, -0.15) is 15.0 Å². The van der Waals surface area contributed by atoms with Crippen LogP contribution in [0.3, 0.4) is 0 Å². The van der Waals surface area contributed by atoms with Crippen LogP contribution >= 0.6 is 11.8 Å². The second kappa shape index (κ2) is 8.54. The van der Waals surface area contributed by atoms with E-state index < -0.39 is 5.82 Å². The van der Waals surface area contributed by atoms with Gasteiger partial charge in [-0.25, -0.2) is 9.37 Å². The van der Waals surface area contributed by atoms with Gasteiger partial charge in [0, 0.05) is 14.1 Å². The number of aromatic nitrogens is 5. The first-order chi connectivity index (χ1) is 15.2. The number of halogens is 1. The number of thioether (sulfide) groups is 1. The first-order valence-corrected chi connectivity index (χ1v) is 10.8. The smallest absolute Gasteiger partial charge is 0.266 e. The molecule has 0 amide bonds. The normalized spacial score (nSPS) is 12.2. The molecule has 32 heavy (non-hydrogen) atoms. The first kappa shape index (κ1) is 21.7. The van der Waals surface area contributed by atoms with Crippen LogP contribution < -0.4 is 16.2 Å². The summed E-state index contributed by atoms with van der Waals surface area (Å²) >= 11 is 1.29. The summed E-state index contributed by atoms with van der Waals surface area (Å²) in [6, 6.07) is 11.8. The molecule has 0 unspecified atom stereocenters. The lowest BCUT2D eigenvalue weighted by Crippen LogP contribution is -2.22. The lowest BCUT2D eigenvalue weighted by molar-refractivity contribution is 0.615. The monoisotopic (exact) mass is 451 g/mol. The number of nitrogens with two attached hydrogens (primary N) is 1. The summed E-state index contributed by atoms with van der Waals surface area (Å²) in [6.45, 7) is 3.56. The Hall–Kier alpha value is -3.53. The van der Waals surface area contributed by atoms with Gasteiger partial charge in [0.2, 0.25) is 11.9 Å². The van der Waals surface area contributed by atoms with Crippen molar-refractivity contribution in [1.82, 2.24) is 24.5 Å². The van der Waals surface area contributed by atoms with Crippen molar-refractivity contribution in [1.29, 1.82) is 0 Å². The Morgan fingerprint density at radius 3 is 2.56 bits per heavy atom. The van der Waals surface area contributed by atoms with Crippen LogP contribution in [-0.2, 0) is 0 Å². The summed E-state index contributed by atoms with van der Waals surface area (Å²) in [6.07, 6.45) is 0. The molecule has 164 valence electrons. The number of hydrogen-bond acceptors (Lipinski definition) is 8. The zero-order valence-corrected chi connectivity index (χ0v) is 18.9. The van der Waals surface area contributed by atoms with Crippen molar-refractivity contribution in [3.63, 3.8) is 0 Å². The Labute approximate surface area is 188 Å². The average Bonchev–Trinajstić information content (AvgIpc) is 2.75. The molecule has 2 N–H and O–H groups in total. The molecule has 0 aliphatic heterocycles. The van der Waals surface area contributed by atoms with Crippen molar-refractivity contribution in [2.24, 2.45) is 0 Å². The highest BCUT2D eigenvalue weighted by Crippen LogP contribution is 2.34. The molecule has 0 fully saturated rings. The average molecular weight is 452 g/mol. The third-order valence-corrected chi connectivity index (χ3v) is 5.91. The van der Waals surface area contributed by atoms with Gasteiger partial charge in [0.25, 0.3) is 5.56 Å². The zero-order valence-electron chi connectivity index (χ0n) is 18.1. The molecule has 8 nitrogen and oxygen atoms in total. The van der Waals surface area contributed by atoms with E-state index in [1.165, 1.54) is 22.4 Å². The van der Waals surface area contributed by atoms with Crippen LogP contribution in [0.2, 0.25) is 0 Å². The minimum Gasteiger partial charge on any atom is -0.368 e. The molecule has 2 aromatic carbocycles. The van der Waals surface area contributed by atoms with Gasteiger partial charge in [-0.05, 0) is 43.7 Å². The maximum Gasteiger partial charge on any atom is 0.266 e. The van der Waals surface area contributed by atoms with E-state index in [0.717, 1.165) is 0 Å². The van der Waals surface area contributed by atoms with Crippen LogP contribution in [0.1, 0.15) is 23.6 Å². The molecule has 10 heteroatoms. The van der Waals surface area contributed by atoms with E-state index in [1.54, 1.807) is 42.2 Å². The molecule has 0 aliphatic rings. The van der Waals surface area contributed by atoms with Gasteiger partial charge >= 0.3 is 0 Å². The summed E-state index contributed by atoms with van der Waals surface area (Å²) in [4.78, 5) is 32.7. The van der Waals surface area contributed by atoms with Gasteiger partial charge in [0.1, 0.15) is 11.6 Å². The van der Waals surface area contributed by atoms with E-state index in [-0.39, 0.29) is 16.8 Å². The second-order valence-electron chi connectivity index (χ2n) is 7.49. The molecule has 4 aromatic rings. The Morgan fingerprint density at radius 1 is 1.09 bits per heavy atom. The van der Waals surface area contributed by atoms with Crippen LogP contribution in [0.4, 0.5) is 16.3 Å². The van der Waals surface area contributed by atoms with E-state index in [2.05, 4.69) is 15.0 Å². The summed E-state index contributed by atoms with van der Waals surface area (Å²) in [5.41, 5.74) is 7.04. The Kier molecular flexibility index (Phi) is 5.79. The molecule has 0 saturated heterocycles. The highest BCUT2D eigenvalue weighted by atomic mass is 32.2. The highest BCUT2D eigenvalue weighted by Gasteiger charge is 2.20. The molecule has 0 saturated carbocycles. The van der Waals surface area contributed by atoms with E-state index in [0.29, 0.717) is 39.1 Å². The minimum atomic E-state index is -0.396. The largest absolute Gasteiger partial charge is 0.368 e. The minimum absolute atomic E-state index is 0.107. The van der Waals surface area contributed by atoms with Crippen LogP contribution in [0.15, 0.2) is 52.4 Å². The lowest BCUT2D eigenvalue weighted by atomic mass is 10.2. The van der Waals surface area contributed by atoms with Crippen molar-refractivity contribution in [3.8, 4) is 5.69 Å². The number of para-hydroxylation sites is 1. The molecule has 1 atom stereocenters. The molecule has 0 spiro atoms. The number of fused-ring (bicyclic) bond motifs is 1. The summed E-state index contributed by atoms with van der Waals surface area (Å²) < 4.78 is 15.8. The summed E-state index contributed by atoms with van der Waals surface area (Å²) in [5.74, 6) is 0.600. The summed E-state index contributed by atoms with van der Waals surface area (Å²) in [7, 11) is 3.62. The first-order valence-electron chi connectivity index (χ1n) is 9.88. The van der Waals surface area contributed by atoms with E-state index in [4.69, 9.17) is 10.7 Å². The molecule has 2 heterocycles. The van der Waals surface area contributed by atoms with Crippen LogP contribution in [0, 0.1) is 12.7 Å². The number of nitrogens with zero attached hydrogens (tertiary/aromatic N) is 6. The quantitative estimate of drug-likeness (QED) is 0.363. The van der Waals surface area contributed by atoms with E-state index >= 15 is 0 Å². The Bertz CT molecular complexity index is 1370. The number of nitrogen functional groups attached to an aromatic ring is 1. The number of aryl methyl sites for hydroxylation is 1. The molecule has 0 bridgehead atoms. The standard InChI is InChI=1S/C22H22FN7OS/c1-12-9-10-14(11-16(12)23)30-19(31)15-7-5-6-8-17(15)25-22(30)32-13(2)18-26-20(24)28-21(27-18)29(3)4/h5-11,13H,1-4H3,(H2,24,26,27,28)/t13-/m0/s1. The topological polar surface area (TPSA) is 103 Å².